The summed E-state index contributed by atoms with van der Waals surface area (Å²) in [4.78, 5) is 38.4. The Balaban J connectivity index is 2.43. The summed E-state index contributed by atoms with van der Waals surface area (Å²) in [6.45, 7) is 4.53. The molecule has 0 aliphatic carbocycles. The Bertz CT molecular complexity index is 477. The van der Waals surface area contributed by atoms with Crippen molar-refractivity contribution in [3.63, 3.8) is 0 Å². The van der Waals surface area contributed by atoms with Crippen LogP contribution >= 0.6 is 11.8 Å². The minimum absolute atomic E-state index is 0.111. The third-order valence-electron chi connectivity index (χ3n) is 4.55. The van der Waals surface area contributed by atoms with Crippen molar-refractivity contribution in [1.29, 1.82) is 0 Å². The molecule has 2 aliphatic heterocycles. The van der Waals surface area contributed by atoms with Crippen LogP contribution in [0, 0.1) is 5.92 Å². The molecule has 2 heterocycles. The van der Waals surface area contributed by atoms with Crippen molar-refractivity contribution >= 4 is 29.2 Å². The molecule has 3 atom stereocenters. The second kappa shape index (κ2) is 7.29. The van der Waals surface area contributed by atoms with Gasteiger partial charge in [0.15, 0.2) is 11.6 Å². The van der Waals surface area contributed by atoms with Gasteiger partial charge in [0.2, 0.25) is 10.8 Å². The van der Waals surface area contributed by atoms with Gasteiger partial charge in [0.1, 0.15) is 0 Å². The lowest BCUT2D eigenvalue weighted by Gasteiger charge is -2.38. The van der Waals surface area contributed by atoms with Gasteiger partial charge >= 0.3 is 0 Å². The fraction of sp³-hybridized carbons (Fsp3) is 0.800. The van der Waals surface area contributed by atoms with Crippen molar-refractivity contribution in [2.45, 2.75) is 43.6 Å². The quantitative estimate of drug-likeness (QED) is 0.535. The second-order valence-electron chi connectivity index (χ2n) is 6.39. The predicted octanol–water partition coefficient (Wildman–Crippen LogP) is -0.910. The Morgan fingerprint density at radius 3 is 2.61 bits per heavy atom. The average Bonchev–Trinajstić information content (AvgIpc) is 3.21. The molecule has 8 heteroatoms. The lowest BCUT2D eigenvalue weighted by Crippen LogP contribution is -2.65. The zero-order chi connectivity index (χ0) is 17.2. The van der Waals surface area contributed by atoms with E-state index in [2.05, 4.69) is 5.32 Å². The van der Waals surface area contributed by atoms with Crippen LogP contribution in [0.15, 0.2) is 0 Å². The number of nitrogens with two attached hydrogens (primary N) is 2. The molecule has 0 saturated carbocycles. The minimum atomic E-state index is -1.53. The Hall–Kier alpha value is -0.960. The minimum Gasteiger partial charge on any atom is -0.322 e. The molecular weight excluding hydrogens is 316 g/mol. The maximum absolute atomic E-state index is 13.2. The van der Waals surface area contributed by atoms with Crippen LogP contribution in [-0.4, -0.2) is 64.7 Å². The lowest BCUT2D eigenvalue weighted by atomic mass is 9.89. The van der Waals surface area contributed by atoms with Gasteiger partial charge in [-0.1, -0.05) is 13.8 Å². The molecule has 7 nitrogen and oxygen atoms in total. The average molecular weight is 342 g/mol. The third kappa shape index (κ3) is 3.17. The molecule has 5 N–H and O–H groups in total. The van der Waals surface area contributed by atoms with E-state index in [9.17, 15) is 14.4 Å². The van der Waals surface area contributed by atoms with Crippen molar-refractivity contribution in [3.05, 3.63) is 0 Å². The molecule has 0 radical (unpaired) electrons. The number of rotatable bonds is 6. The fourth-order valence-corrected chi connectivity index (χ4v) is 4.61. The van der Waals surface area contributed by atoms with Gasteiger partial charge in [-0.05, 0) is 25.3 Å². The molecular formula is C15H26N4O3S. The molecule has 0 bridgehead atoms. The molecule has 0 aromatic carbocycles. The number of nitrogens with zero attached hydrogens (tertiary/aromatic N) is 1. The highest BCUT2D eigenvalue weighted by Crippen LogP contribution is 2.40. The Kier molecular flexibility index (Phi) is 5.83. The van der Waals surface area contributed by atoms with Gasteiger partial charge in [-0.25, -0.2) is 0 Å². The summed E-state index contributed by atoms with van der Waals surface area (Å²) in [6, 6.07) is -1.20. The lowest BCUT2D eigenvalue weighted by molar-refractivity contribution is -0.147. The van der Waals surface area contributed by atoms with Gasteiger partial charge in [-0.2, -0.15) is 0 Å². The number of thioether (sulfide) groups is 1. The molecule has 3 unspecified atom stereocenters. The van der Waals surface area contributed by atoms with E-state index in [4.69, 9.17) is 11.5 Å². The van der Waals surface area contributed by atoms with Crippen LogP contribution < -0.4 is 16.8 Å². The highest BCUT2D eigenvalue weighted by molar-refractivity contribution is 8.02. The SMILES string of the molecule is CC(C)C(N)C(=O)C1(C(=O)C2CCCN2)SCCN1C(=O)CN. The zero-order valence-electron chi connectivity index (χ0n) is 13.7. The molecule has 1 amide bonds. The van der Waals surface area contributed by atoms with Crippen molar-refractivity contribution in [2.75, 3.05) is 25.4 Å². The first-order valence-corrected chi connectivity index (χ1v) is 9.07. The normalized spacial score (nSPS) is 29.1. The molecule has 0 spiro atoms. The highest BCUT2D eigenvalue weighted by atomic mass is 32.2. The van der Waals surface area contributed by atoms with Gasteiger partial charge in [0.05, 0.1) is 18.6 Å². The molecule has 2 aliphatic rings. The van der Waals surface area contributed by atoms with Gasteiger partial charge in [-0.15, -0.1) is 11.8 Å². The summed E-state index contributed by atoms with van der Waals surface area (Å²) in [5.74, 6) is -0.595. The molecule has 0 aromatic rings. The molecule has 2 saturated heterocycles. The third-order valence-corrected chi connectivity index (χ3v) is 5.97. The number of carbonyl (C=O) groups is 3. The number of hydrogen-bond acceptors (Lipinski definition) is 7. The number of amides is 1. The predicted molar refractivity (Wildman–Crippen MR) is 89.8 cm³/mol. The van der Waals surface area contributed by atoms with E-state index in [0.29, 0.717) is 18.7 Å². The van der Waals surface area contributed by atoms with Crippen LogP contribution in [-0.2, 0) is 14.4 Å². The Labute approximate surface area is 140 Å². The van der Waals surface area contributed by atoms with Gasteiger partial charge < -0.3 is 21.7 Å². The first-order chi connectivity index (χ1) is 10.9. The van der Waals surface area contributed by atoms with Crippen LogP contribution in [0.4, 0.5) is 0 Å². The van der Waals surface area contributed by atoms with Crippen LogP contribution in [0.2, 0.25) is 0 Å². The maximum atomic E-state index is 13.2. The maximum Gasteiger partial charge on any atom is 0.238 e. The van der Waals surface area contributed by atoms with E-state index in [-0.39, 0.29) is 29.9 Å². The summed E-state index contributed by atoms with van der Waals surface area (Å²) >= 11 is 1.22. The van der Waals surface area contributed by atoms with Crippen molar-refractivity contribution < 1.29 is 14.4 Å². The van der Waals surface area contributed by atoms with Gasteiger partial charge in [-0.3, -0.25) is 14.4 Å². The van der Waals surface area contributed by atoms with E-state index in [1.807, 2.05) is 13.8 Å². The topological polar surface area (TPSA) is 119 Å². The van der Waals surface area contributed by atoms with E-state index in [0.717, 1.165) is 13.0 Å². The van der Waals surface area contributed by atoms with Crippen molar-refractivity contribution in [3.8, 4) is 0 Å². The summed E-state index contributed by atoms with van der Waals surface area (Å²) in [5, 5.41) is 3.13. The number of nitrogens with one attached hydrogen (secondary N) is 1. The number of hydrogen-bond donors (Lipinski definition) is 3. The van der Waals surface area contributed by atoms with Crippen LogP contribution in [0.5, 0.6) is 0 Å². The van der Waals surface area contributed by atoms with Crippen molar-refractivity contribution in [2.24, 2.45) is 17.4 Å². The monoisotopic (exact) mass is 342 g/mol. The van der Waals surface area contributed by atoms with Crippen molar-refractivity contribution in [1.82, 2.24) is 10.2 Å². The van der Waals surface area contributed by atoms with Crippen LogP contribution in [0.1, 0.15) is 26.7 Å². The van der Waals surface area contributed by atoms with E-state index < -0.39 is 17.0 Å². The van der Waals surface area contributed by atoms with E-state index in [1.165, 1.54) is 16.7 Å². The zero-order valence-corrected chi connectivity index (χ0v) is 14.5. The summed E-state index contributed by atoms with van der Waals surface area (Å²) < 4.78 is 0. The Morgan fingerprint density at radius 2 is 2.09 bits per heavy atom. The van der Waals surface area contributed by atoms with Crippen LogP contribution in [0.3, 0.4) is 0 Å². The first kappa shape index (κ1) is 18.4. The number of Topliss-reactive ketones (excluding diaryl/α,β-unsaturated/α-hetero) is 2. The molecule has 130 valence electrons. The standard InChI is InChI=1S/C15H26N4O3S/c1-9(2)12(17)14(22)15(13(21)10-4-3-5-18-10)19(6-7-23-15)11(20)8-16/h9-10,12,18H,3-8,16-17H2,1-2H3. The summed E-state index contributed by atoms with van der Waals surface area (Å²) in [6.07, 6.45) is 1.56. The second-order valence-corrected chi connectivity index (χ2v) is 7.68. The van der Waals surface area contributed by atoms with E-state index in [1.54, 1.807) is 0 Å². The molecule has 23 heavy (non-hydrogen) atoms. The first-order valence-electron chi connectivity index (χ1n) is 8.08. The van der Waals surface area contributed by atoms with Gasteiger partial charge in [0, 0.05) is 12.3 Å². The van der Waals surface area contributed by atoms with E-state index >= 15 is 0 Å². The smallest absolute Gasteiger partial charge is 0.238 e. The summed E-state index contributed by atoms with van der Waals surface area (Å²) in [7, 11) is 0. The number of ketones is 2. The van der Waals surface area contributed by atoms with Gasteiger partial charge in [0.25, 0.3) is 0 Å². The molecule has 2 rings (SSSR count). The molecule has 0 aromatic heterocycles. The molecule has 2 fully saturated rings. The largest absolute Gasteiger partial charge is 0.322 e. The number of carbonyl (C=O) groups excluding carboxylic acids is 3. The fourth-order valence-electron chi connectivity index (χ4n) is 3.13. The van der Waals surface area contributed by atoms with Crippen LogP contribution in [0.25, 0.3) is 0 Å². The highest BCUT2D eigenvalue weighted by Gasteiger charge is 2.58. The summed E-state index contributed by atoms with van der Waals surface area (Å²) in [5.41, 5.74) is 11.6. The Morgan fingerprint density at radius 1 is 1.39 bits per heavy atom.